The highest BCUT2D eigenvalue weighted by atomic mass is 32.1. The summed E-state index contributed by atoms with van der Waals surface area (Å²) in [6.45, 7) is 2.20. The maximum absolute atomic E-state index is 10.7. The van der Waals surface area contributed by atoms with Crippen LogP contribution in [0.3, 0.4) is 0 Å². The van der Waals surface area contributed by atoms with E-state index < -0.39 is 5.97 Å². The summed E-state index contributed by atoms with van der Waals surface area (Å²) < 4.78 is 0. The van der Waals surface area contributed by atoms with E-state index in [0.717, 1.165) is 33.7 Å². The normalized spacial score (nSPS) is 15.1. The average molecular weight is 294 g/mol. The lowest BCUT2D eigenvalue weighted by atomic mass is 10.3. The van der Waals surface area contributed by atoms with Crippen LogP contribution in [0.2, 0.25) is 0 Å². The van der Waals surface area contributed by atoms with Crippen molar-refractivity contribution in [3.63, 3.8) is 0 Å². The maximum Gasteiger partial charge on any atom is 0.308 e. The van der Waals surface area contributed by atoms with Crippen LogP contribution in [0.4, 0.5) is 5.13 Å². The van der Waals surface area contributed by atoms with Crippen LogP contribution in [-0.4, -0.2) is 29.1 Å². The minimum atomic E-state index is -0.788. The Morgan fingerprint density at radius 3 is 2.89 bits per heavy atom. The Morgan fingerprint density at radius 1 is 1.37 bits per heavy atom. The Hall–Kier alpha value is -1.40. The van der Waals surface area contributed by atoms with Crippen LogP contribution in [-0.2, 0) is 11.2 Å². The molecule has 100 valence electrons. The summed E-state index contributed by atoms with van der Waals surface area (Å²) >= 11 is 3.18. The number of thiazole rings is 1. The Morgan fingerprint density at radius 2 is 2.16 bits per heavy atom. The van der Waals surface area contributed by atoms with E-state index in [1.54, 1.807) is 11.3 Å². The van der Waals surface area contributed by atoms with Crippen molar-refractivity contribution in [2.45, 2.75) is 19.3 Å². The van der Waals surface area contributed by atoms with E-state index in [-0.39, 0.29) is 6.42 Å². The zero-order valence-corrected chi connectivity index (χ0v) is 12.0. The van der Waals surface area contributed by atoms with Crippen molar-refractivity contribution < 1.29 is 9.90 Å². The van der Waals surface area contributed by atoms with Crippen LogP contribution in [0.1, 0.15) is 17.7 Å². The lowest BCUT2D eigenvalue weighted by Crippen LogP contribution is -2.16. The van der Waals surface area contributed by atoms with Gasteiger partial charge in [-0.2, -0.15) is 0 Å². The number of anilines is 1. The van der Waals surface area contributed by atoms with Crippen molar-refractivity contribution in [3.05, 3.63) is 22.4 Å². The molecule has 0 unspecified atom stereocenters. The Bertz CT molecular complexity index is 585. The van der Waals surface area contributed by atoms with Crippen LogP contribution >= 0.6 is 22.7 Å². The molecule has 1 saturated heterocycles. The third-order valence-electron chi connectivity index (χ3n) is 3.11. The van der Waals surface area contributed by atoms with E-state index in [4.69, 9.17) is 5.11 Å². The Kier molecular flexibility index (Phi) is 3.52. The zero-order chi connectivity index (χ0) is 13.2. The van der Waals surface area contributed by atoms with Gasteiger partial charge in [0.15, 0.2) is 5.13 Å². The number of hydrogen-bond acceptors (Lipinski definition) is 5. The van der Waals surface area contributed by atoms with Crippen molar-refractivity contribution in [1.82, 2.24) is 4.98 Å². The predicted octanol–water partition coefficient (Wildman–Crippen LogP) is 3.10. The van der Waals surface area contributed by atoms with Crippen molar-refractivity contribution in [3.8, 4) is 10.6 Å². The van der Waals surface area contributed by atoms with Crippen molar-refractivity contribution in [1.29, 1.82) is 0 Å². The zero-order valence-electron chi connectivity index (χ0n) is 10.3. The minimum Gasteiger partial charge on any atom is -0.481 e. The third kappa shape index (κ3) is 2.79. The highest BCUT2D eigenvalue weighted by molar-refractivity contribution is 7.17. The number of hydrogen-bond donors (Lipinski definition) is 1. The van der Waals surface area contributed by atoms with Gasteiger partial charge in [0.05, 0.1) is 17.0 Å². The van der Waals surface area contributed by atoms with Crippen LogP contribution in [0.25, 0.3) is 10.6 Å². The number of aliphatic carboxylic acids is 1. The highest BCUT2D eigenvalue weighted by Crippen LogP contribution is 2.33. The SMILES string of the molecule is O=C(O)Cc1ccc(-c2csc(N3CCCC3)n2)s1. The molecule has 1 aliphatic rings. The summed E-state index contributed by atoms with van der Waals surface area (Å²) in [6.07, 6.45) is 2.58. The van der Waals surface area contributed by atoms with Gasteiger partial charge in [-0.3, -0.25) is 4.79 Å². The fourth-order valence-electron chi connectivity index (χ4n) is 2.19. The fraction of sp³-hybridized carbons (Fsp3) is 0.385. The van der Waals surface area contributed by atoms with E-state index in [1.165, 1.54) is 24.2 Å². The standard InChI is InChI=1S/C13H14N2O2S2/c16-12(17)7-9-3-4-11(19-9)10-8-18-13(14-10)15-5-1-2-6-15/h3-4,8H,1-2,5-7H2,(H,16,17). The van der Waals surface area contributed by atoms with Gasteiger partial charge in [0.2, 0.25) is 0 Å². The number of carbonyl (C=O) groups is 1. The van der Waals surface area contributed by atoms with E-state index in [1.807, 2.05) is 12.1 Å². The minimum absolute atomic E-state index is 0.0911. The molecule has 0 spiro atoms. The summed E-state index contributed by atoms with van der Waals surface area (Å²) in [5.74, 6) is -0.788. The van der Waals surface area contributed by atoms with E-state index in [9.17, 15) is 4.79 Å². The molecule has 3 heterocycles. The topological polar surface area (TPSA) is 53.4 Å². The highest BCUT2D eigenvalue weighted by Gasteiger charge is 2.16. The molecule has 6 heteroatoms. The first-order valence-corrected chi connectivity index (χ1v) is 7.93. The van der Waals surface area contributed by atoms with Gasteiger partial charge < -0.3 is 10.0 Å². The van der Waals surface area contributed by atoms with Crippen LogP contribution in [0.15, 0.2) is 17.5 Å². The molecule has 2 aromatic rings. The molecule has 0 bridgehead atoms. The molecule has 1 N–H and O–H groups in total. The smallest absolute Gasteiger partial charge is 0.308 e. The van der Waals surface area contributed by atoms with Crippen LogP contribution < -0.4 is 4.90 Å². The summed E-state index contributed by atoms with van der Waals surface area (Å²) in [5.41, 5.74) is 0.966. The molecule has 0 aromatic carbocycles. The molecule has 0 saturated carbocycles. The Labute approximate surface area is 119 Å². The van der Waals surface area contributed by atoms with Gasteiger partial charge in [-0.05, 0) is 25.0 Å². The maximum atomic E-state index is 10.7. The molecule has 3 rings (SSSR count). The fourth-order valence-corrected chi connectivity index (χ4v) is 4.10. The first kappa shape index (κ1) is 12.6. The van der Waals surface area contributed by atoms with Gasteiger partial charge in [0.25, 0.3) is 0 Å². The lowest BCUT2D eigenvalue weighted by molar-refractivity contribution is -0.136. The van der Waals surface area contributed by atoms with E-state index in [0.29, 0.717) is 0 Å². The number of rotatable bonds is 4. The second kappa shape index (κ2) is 5.30. The second-order valence-corrected chi connectivity index (χ2v) is 6.55. The van der Waals surface area contributed by atoms with Crippen molar-refractivity contribution in [2.75, 3.05) is 18.0 Å². The van der Waals surface area contributed by atoms with Gasteiger partial charge in [0, 0.05) is 23.3 Å². The quantitative estimate of drug-likeness (QED) is 0.941. The van der Waals surface area contributed by atoms with Crippen LogP contribution in [0.5, 0.6) is 0 Å². The molecule has 0 radical (unpaired) electrons. The monoisotopic (exact) mass is 294 g/mol. The summed E-state index contributed by atoms with van der Waals surface area (Å²) in [6, 6.07) is 3.84. The second-order valence-electron chi connectivity index (χ2n) is 4.55. The van der Waals surface area contributed by atoms with Crippen molar-refractivity contribution >= 4 is 33.8 Å². The molecule has 4 nitrogen and oxygen atoms in total. The molecule has 2 aromatic heterocycles. The third-order valence-corrected chi connectivity index (χ3v) is 5.12. The van der Waals surface area contributed by atoms with Gasteiger partial charge in [-0.1, -0.05) is 0 Å². The lowest BCUT2D eigenvalue weighted by Gasteiger charge is -2.12. The van der Waals surface area contributed by atoms with E-state index in [2.05, 4.69) is 15.3 Å². The molecule has 19 heavy (non-hydrogen) atoms. The molecule has 0 aliphatic carbocycles. The summed E-state index contributed by atoms with van der Waals surface area (Å²) in [5, 5.41) is 11.9. The molecular weight excluding hydrogens is 280 g/mol. The average Bonchev–Trinajstić information content (AvgIpc) is 3.09. The Balaban J connectivity index is 1.78. The number of thiophene rings is 1. The van der Waals surface area contributed by atoms with Crippen molar-refractivity contribution in [2.24, 2.45) is 0 Å². The van der Waals surface area contributed by atoms with E-state index >= 15 is 0 Å². The molecule has 0 atom stereocenters. The summed E-state index contributed by atoms with van der Waals surface area (Å²) in [7, 11) is 0. The largest absolute Gasteiger partial charge is 0.481 e. The first-order chi connectivity index (χ1) is 9.22. The first-order valence-electron chi connectivity index (χ1n) is 6.24. The number of nitrogens with zero attached hydrogens (tertiary/aromatic N) is 2. The van der Waals surface area contributed by atoms with Gasteiger partial charge in [-0.25, -0.2) is 4.98 Å². The van der Waals surface area contributed by atoms with Gasteiger partial charge in [-0.15, -0.1) is 22.7 Å². The molecule has 1 aliphatic heterocycles. The predicted molar refractivity (Wildman–Crippen MR) is 78.2 cm³/mol. The molecule has 1 fully saturated rings. The molecular formula is C13H14N2O2S2. The number of carboxylic acid groups (broad SMARTS) is 1. The number of aromatic nitrogens is 1. The molecule has 0 amide bonds. The van der Waals surface area contributed by atoms with Gasteiger partial charge in [0.1, 0.15) is 0 Å². The number of carboxylic acids is 1. The van der Waals surface area contributed by atoms with Crippen LogP contribution in [0, 0.1) is 0 Å². The van der Waals surface area contributed by atoms with Gasteiger partial charge >= 0.3 is 5.97 Å². The summed E-state index contributed by atoms with van der Waals surface area (Å²) in [4.78, 5) is 19.6.